The summed E-state index contributed by atoms with van der Waals surface area (Å²) >= 11 is 0. The van der Waals surface area contributed by atoms with E-state index in [4.69, 9.17) is 4.74 Å². The van der Waals surface area contributed by atoms with Gasteiger partial charge in [0.1, 0.15) is 6.61 Å². The van der Waals surface area contributed by atoms with Crippen LogP contribution >= 0.6 is 0 Å². The minimum Gasteiger partial charge on any atom is -0.486 e. The molecule has 1 amide bonds. The molecular weight excluding hydrogens is 578 g/mol. The lowest BCUT2D eigenvalue weighted by atomic mass is 9.87. The molecule has 2 heterocycles. The highest BCUT2D eigenvalue weighted by atomic mass is 19.4. The zero-order chi connectivity index (χ0) is 31.4. The quantitative estimate of drug-likeness (QED) is 0.249. The molecule has 1 unspecified atom stereocenters. The standard InChI is InChI=1S/C30H32F6N4O3/c1-3-23-13-25(14-24(4-2)40(23)28(41)42)39(17-20-10-21(29(31,32)33)12-22(11-20)30(34,35)36)27-37-15-26(16-38-27)43-18-19-8-6-5-7-9-19/h5-12,15-16,23-25H,3-4,13-14,17-18H2,1-2H3,(H,41,42)/t23-,24+,25?. The van der Waals surface area contributed by atoms with Gasteiger partial charge in [-0.05, 0) is 55.0 Å². The van der Waals surface area contributed by atoms with E-state index < -0.39 is 47.7 Å². The van der Waals surface area contributed by atoms with E-state index in [9.17, 15) is 36.2 Å². The van der Waals surface area contributed by atoms with E-state index in [-0.39, 0.29) is 30.7 Å². The van der Waals surface area contributed by atoms with E-state index in [1.165, 1.54) is 17.3 Å². The highest BCUT2D eigenvalue weighted by Gasteiger charge is 2.41. The number of alkyl halides is 6. The second-order valence-corrected chi connectivity index (χ2v) is 10.5. The van der Waals surface area contributed by atoms with Crippen molar-refractivity contribution in [1.29, 1.82) is 0 Å². The summed E-state index contributed by atoms with van der Waals surface area (Å²) in [5.74, 6) is 0.404. The summed E-state index contributed by atoms with van der Waals surface area (Å²) < 4.78 is 87.5. The number of benzene rings is 2. The maximum atomic E-state index is 13.6. The fourth-order valence-electron chi connectivity index (χ4n) is 5.49. The lowest BCUT2D eigenvalue weighted by molar-refractivity contribution is -0.143. The van der Waals surface area contributed by atoms with Crippen LogP contribution < -0.4 is 9.64 Å². The number of anilines is 1. The molecule has 43 heavy (non-hydrogen) atoms. The van der Waals surface area contributed by atoms with Gasteiger partial charge in [-0.2, -0.15) is 26.3 Å². The smallest absolute Gasteiger partial charge is 0.416 e. The zero-order valence-corrected chi connectivity index (χ0v) is 23.6. The maximum Gasteiger partial charge on any atom is 0.416 e. The Morgan fingerprint density at radius 2 is 1.44 bits per heavy atom. The minimum absolute atomic E-state index is 0.0801. The van der Waals surface area contributed by atoms with Gasteiger partial charge in [0.2, 0.25) is 5.95 Å². The van der Waals surface area contributed by atoms with Crippen molar-refractivity contribution in [2.75, 3.05) is 4.90 Å². The molecule has 0 saturated carbocycles. The number of hydrogen-bond acceptors (Lipinski definition) is 5. The first-order chi connectivity index (χ1) is 20.3. The molecule has 2 aromatic carbocycles. The van der Waals surface area contributed by atoms with Crippen LogP contribution in [0.2, 0.25) is 0 Å². The van der Waals surface area contributed by atoms with E-state index in [0.717, 1.165) is 5.56 Å². The highest BCUT2D eigenvalue weighted by Crippen LogP contribution is 2.38. The Hall–Kier alpha value is -4.03. The largest absolute Gasteiger partial charge is 0.486 e. The first-order valence-electron chi connectivity index (χ1n) is 13.8. The van der Waals surface area contributed by atoms with Gasteiger partial charge < -0.3 is 19.6 Å². The van der Waals surface area contributed by atoms with E-state index in [2.05, 4.69) is 9.97 Å². The van der Waals surface area contributed by atoms with Crippen molar-refractivity contribution in [3.63, 3.8) is 0 Å². The van der Waals surface area contributed by atoms with Gasteiger partial charge >= 0.3 is 18.4 Å². The number of carboxylic acid groups (broad SMARTS) is 1. The summed E-state index contributed by atoms with van der Waals surface area (Å²) in [6.07, 6.45) is -6.75. The predicted molar refractivity (Wildman–Crippen MR) is 146 cm³/mol. The molecule has 7 nitrogen and oxygen atoms in total. The van der Waals surface area contributed by atoms with Crippen LogP contribution in [0.1, 0.15) is 61.8 Å². The van der Waals surface area contributed by atoms with Crippen LogP contribution in [-0.2, 0) is 25.5 Å². The summed E-state index contributed by atoms with van der Waals surface area (Å²) in [6, 6.07) is 9.52. The van der Waals surface area contributed by atoms with Gasteiger partial charge in [-0.15, -0.1) is 0 Å². The van der Waals surface area contributed by atoms with Crippen LogP contribution in [0.4, 0.5) is 37.1 Å². The molecule has 1 saturated heterocycles. The molecular formula is C30H32F6N4O3. The number of ether oxygens (including phenoxy) is 1. The highest BCUT2D eigenvalue weighted by molar-refractivity contribution is 5.66. The molecule has 3 aromatic rings. The third-order valence-electron chi connectivity index (χ3n) is 7.60. The van der Waals surface area contributed by atoms with Crippen molar-refractivity contribution in [3.05, 3.63) is 83.2 Å². The van der Waals surface area contributed by atoms with Gasteiger partial charge in [-0.1, -0.05) is 44.2 Å². The molecule has 13 heteroatoms. The van der Waals surface area contributed by atoms with Crippen molar-refractivity contribution in [1.82, 2.24) is 14.9 Å². The normalized spacial score (nSPS) is 19.3. The predicted octanol–water partition coefficient (Wildman–Crippen LogP) is 7.80. The second-order valence-electron chi connectivity index (χ2n) is 10.5. The number of piperidine rings is 1. The average molecular weight is 611 g/mol. The third kappa shape index (κ3) is 7.88. The van der Waals surface area contributed by atoms with Crippen molar-refractivity contribution >= 4 is 12.0 Å². The minimum atomic E-state index is -5.00. The summed E-state index contributed by atoms with van der Waals surface area (Å²) in [4.78, 5) is 23.8. The van der Waals surface area contributed by atoms with E-state index >= 15 is 0 Å². The SMILES string of the molecule is CC[C@@H]1CC(N(Cc2cc(C(F)(F)F)cc(C(F)(F)F)c2)c2ncc(OCc3ccccc3)cn2)C[C@H](CC)N1C(=O)O. The molecule has 0 bridgehead atoms. The lowest BCUT2D eigenvalue weighted by Crippen LogP contribution is -2.56. The molecule has 0 radical (unpaired) electrons. The zero-order valence-electron chi connectivity index (χ0n) is 23.6. The Morgan fingerprint density at radius 1 is 0.907 bits per heavy atom. The molecule has 1 aromatic heterocycles. The van der Waals surface area contributed by atoms with Crippen molar-refractivity contribution in [3.8, 4) is 5.75 Å². The first-order valence-corrected chi connectivity index (χ1v) is 13.8. The molecule has 1 N–H and O–H groups in total. The number of aromatic nitrogens is 2. The molecule has 0 spiro atoms. The number of amides is 1. The Balaban J connectivity index is 1.71. The fourth-order valence-corrected chi connectivity index (χ4v) is 5.49. The van der Waals surface area contributed by atoms with Crippen LogP contribution in [0, 0.1) is 0 Å². The van der Waals surface area contributed by atoms with E-state index in [1.807, 2.05) is 44.2 Å². The Morgan fingerprint density at radius 3 is 1.91 bits per heavy atom. The van der Waals surface area contributed by atoms with Gasteiger partial charge in [-0.3, -0.25) is 0 Å². The Bertz CT molecular complexity index is 1320. The second kappa shape index (κ2) is 13.1. The van der Waals surface area contributed by atoms with E-state index in [0.29, 0.717) is 43.6 Å². The van der Waals surface area contributed by atoms with Crippen molar-refractivity contribution in [2.45, 2.75) is 83.2 Å². The van der Waals surface area contributed by atoms with Crippen LogP contribution in [0.3, 0.4) is 0 Å². The molecule has 1 aliphatic heterocycles. The monoisotopic (exact) mass is 610 g/mol. The Labute approximate surface area is 245 Å². The van der Waals surface area contributed by atoms with Crippen LogP contribution in [0.5, 0.6) is 5.75 Å². The van der Waals surface area contributed by atoms with Gasteiger partial charge in [0, 0.05) is 24.7 Å². The number of likely N-dealkylation sites (tertiary alicyclic amines) is 1. The number of hydrogen-bond donors (Lipinski definition) is 1. The number of carbonyl (C=O) groups is 1. The van der Waals surface area contributed by atoms with Crippen molar-refractivity contribution < 1.29 is 41.0 Å². The summed E-state index contributed by atoms with van der Waals surface area (Å²) in [5, 5.41) is 9.86. The molecule has 232 valence electrons. The fraction of sp³-hybridized carbons (Fsp3) is 0.433. The van der Waals surface area contributed by atoms with E-state index in [1.54, 1.807) is 4.90 Å². The molecule has 1 fully saturated rings. The van der Waals surface area contributed by atoms with Crippen LogP contribution in [0.25, 0.3) is 0 Å². The van der Waals surface area contributed by atoms with Gasteiger partial charge in [0.05, 0.1) is 23.5 Å². The summed E-state index contributed by atoms with van der Waals surface area (Å²) in [7, 11) is 0. The molecule has 3 atom stereocenters. The number of nitrogens with zero attached hydrogens (tertiary/aromatic N) is 4. The van der Waals surface area contributed by atoms with Crippen LogP contribution in [-0.4, -0.2) is 44.2 Å². The third-order valence-corrected chi connectivity index (χ3v) is 7.60. The van der Waals surface area contributed by atoms with Gasteiger partial charge in [-0.25, -0.2) is 14.8 Å². The summed E-state index contributed by atoms with van der Waals surface area (Å²) in [6.45, 7) is 3.54. The number of halogens is 6. The maximum absolute atomic E-state index is 13.6. The average Bonchev–Trinajstić information content (AvgIpc) is 2.97. The van der Waals surface area contributed by atoms with Gasteiger partial charge in [0.15, 0.2) is 5.75 Å². The lowest BCUT2D eigenvalue weighted by Gasteiger charge is -2.46. The van der Waals surface area contributed by atoms with Crippen molar-refractivity contribution in [2.24, 2.45) is 0 Å². The molecule has 1 aliphatic rings. The first kappa shape index (κ1) is 31.9. The Kier molecular flexibility index (Phi) is 9.71. The number of rotatable bonds is 9. The topological polar surface area (TPSA) is 78.8 Å². The van der Waals surface area contributed by atoms with Gasteiger partial charge in [0.25, 0.3) is 0 Å². The molecule has 0 aliphatic carbocycles. The molecule has 4 rings (SSSR count). The van der Waals surface area contributed by atoms with Crippen LogP contribution in [0.15, 0.2) is 60.9 Å². The summed E-state index contributed by atoms with van der Waals surface area (Å²) in [5.41, 5.74) is -2.15.